The quantitative estimate of drug-likeness (QED) is 0.343. The molecule has 0 aromatic heterocycles. The zero-order valence-corrected chi connectivity index (χ0v) is 12.8. The molecule has 0 radical (unpaired) electrons. The van der Waals surface area contributed by atoms with Gasteiger partial charge in [-0.1, -0.05) is 39.5 Å². The van der Waals surface area contributed by atoms with E-state index in [1.807, 2.05) is 0 Å². The van der Waals surface area contributed by atoms with Gasteiger partial charge in [0.1, 0.15) is 0 Å². The molecule has 0 unspecified atom stereocenters. The molecule has 112 valence electrons. The molecule has 0 aliphatic carbocycles. The maximum Gasteiger partial charge on any atom is 0.305 e. The van der Waals surface area contributed by atoms with Gasteiger partial charge in [0.25, 0.3) is 5.79 Å². The summed E-state index contributed by atoms with van der Waals surface area (Å²) < 4.78 is 10.7. The molecule has 4 nitrogen and oxygen atoms in total. The predicted molar refractivity (Wildman–Crippen MR) is 74.5 cm³/mol. The monoisotopic (exact) mass is 272 g/mol. The van der Waals surface area contributed by atoms with E-state index >= 15 is 0 Å². The minimum atomic E-state index is -1.05. The molecule has 0 amide bonds. The van der Waals surface area contributed by atoms with Crippen LogP contribution in [0, 0.1) is 0 Å². The van der Waals surface area contributed by atoms with Crippen molar-refractivity contribution in [1.82, 2.24) is 0 Å². The minimum Gasteiger partial charge on any atom is -0.423 e. The third-order valence-corrected chi connectivity index (χ3v) is 2.98. The third-order valence-electron chi connectivity index (χ3n) is 2.98. The van der Waals surface area contributed by atoms with Gasteiger partial charge >= 0.3 is 11.9 Å². The molecule has 0 fully saturated rings. The van der Waals surface area contributed by atoms with Crippen molar-refractivity contribution in [3.63, 3.8) is 0 Å². The molecule has 19 heavy (non-hydrogen) atoms. The summed E-state index contributed by atoms with van der Waals surface area (Å²) in [6.45, 7) is 6.93. The van der Waals surface area contributed by atoms with E-state index in [9.17, 15) is 9.59 Å². The van der Waals surface area contributed by atoms with E-state index in [1.165, 1.54) is 13.8 Å². The van der Waals surface area contributed by atoms with Gasteiger partial charge in [0, 0.05) is 26.7 Å². The standard InChI is InChI=1S/C15H28O4/c1-5-7-9-11-15(18-13(3)16,19-14(4)17)12-10-8-6-2/h5-12H2,1-4H3. The second kappa shape index (κ2) is 9.82. The molecular weight excluding hydrogens is 244 g/mol. The largest absolute Gasteiger partial charge is 0.423 e. The van der Waals surface area contributed by atoms with Crippen LogP contribution in [-0.4, -0.2) is 17.7 Å². The van der Waals surface area contributed by atoms with E-state index in [0.29, 0.717) is 12.8 Å². The minimum absolute atomic E-state index is 0.394. The zero-order valence-electron chi connectivity index (χ0n) is 12.8. The SMILES string of the molecule is CCCCCC(CCCCC)(OC(C)=O)OC(C)=O. The van der Waals surface area contributed by atoms with Crippen molar-refractivity contribution in [2.45, 2.75) is 84.8 Å². The van der Waals surface area contributed by atoms with Gasteiger partial charge in [-0.05, 0) is 12.8 Å². The van der Waals surface area contributed by atoms with Crippen molar-refractivity contribution in [2.24, 2.45) is 0 Å². The van der Waals surface area contributed by atoms with E-state index in [-0.39, 0.29) is 0 Å². The van der Waals surface area contributed by atoms with Crippen LogP contribution in [0.5, 0.6) is 0 Å². The number of hydrogen-bond donors (Lipinski definition) is 0. The smallest absolute Gasteiger partial charge is 0.305 e. The fraction of sp³-hybridized carbons (Fsp3) is 0.867. The molecule has 0 aliphatic rings. The average molecular weight is 272 g/mol. The molecule has 0 spiro atoms. The topological polar surface area (TPSA) is 52.6 Å². The van der Waals surface area contributed by atoms with Crippen LogP contribution in [0.1, 0.15) is 79.1 Å². The van der Waals surface area contributed by atoms with Gasteiger partial charge in [-0.2, -0.15) is 0 Å². The molecule has 0 aromatic carbocycles. The fourth-order valence-corrected chi connectivity index (χ4v) is 2.16. The summed E-state index contributed by atoms with van der Waals surface area (Å²) in [5, 5.41) is 0. The Kier molecular flexibility index (Phi) is 9.27. The molecule has 0 rings (SSSR count). The van der Waals surface area contributed by atoms with Gasteiger partial charge in [0.05, 0.1) is 0 Å². The van der Waals surface area contributed by atoms with Crippen molar-refractivity contribution in [1.29, 1.82) is 0 Å². The summed E-state index contributed by atoms with van der Waals surface area (Å²) in [6, 6.07) is 0. The van der Waals surface area contributed by atoms with Crippen molar-refractivity contribution < 1.29 is 19.1 Å². The Bertz CT molecular complexity index is 245. The van der Waals surface area contributed by atoms with Crippen LogP contribution in [0.2, 0.25) is 0 Å². The van der Waals surface area contributed by atoms with Gasteiger partial charge < -0.3 is 9.47 Å². The first-order chi connectivity index (χ1) is 8.95. The van der Waals surface area contributed by atoms with E-state index < -0.39 is 17.7 Å². The summed E-state index contributed by atoms with van der Waals surface area (Å²) in [6.07, 6.45) is 7.19. The summed E-state index contributed by atoms with van der Waals surface area (Å²) in [7, 11) is 0. The number of rotatable bonds is 10. The van der Waals surface area contributed by atoms with Crippen molar-refractivity contribution in [2.75, 3.05) is 0 Å². The van der Waals surface area contributed by atoms with Crippen LogP contribution in [0.15, 0.2) is 0 Å². The van der Waals surface area contributed by atoms with Gasteiger partial charge in [-0.25, -0.2) is 0 Å². The molecular formula is C15H28O4. The first-order valence-electron chi connectivity index (χ1n) is 7.35. The Balaban J connectivity index is 4.73. The number of carbonyl (C=O) groups excluding carboxylic acids is 2. The van der Waals surface area contributed by atoms with E-state index in [2.05, 4.69) is 13.8 Å². The molecule has 0 bridgehead atoms. The maximum absolute atomic E-state index is 11.3. The van der Waals surface area contributed by atoms with Crippen LogP contribution >= 0.6 is 0 Å². The number of carbonyl (C=O) groups is 2. The molecule has 0 aliphatic heterocycles. The molecule has 0 saturated carbocycles. The fourth-order valence-electron chi connectivity index (χ4n) is 2.16. The summed E-state index contributed by atoms with van der Waals surface area (Å²) in [4.78, 5) is 22.6. The van der Waals surface area contributed by atoms with Crippen LogP contribution < -0.4 is 0 Å². The Hall–Kier alpha value is -1.06. The maximum atomic E-state index is 11.3. The highest BCUT2D eigenvalue weighted by atomic mass is 16.7. The van der Waals surface area contributed by atoms with Crippen LogP contribution in [0.4, 0.5) is 0 Å². The molecule has 0 N–H and O–H groups in total. The van der Waals surface area contributed by atoms with Crippen molar-refractivity contribution in [3.05, 3.63) is 0 Å². The number of hydrogen-bond acceptors (Lipinski definition) is 4. The predicted octanol–water partition coefficient (Wildman–Crippen LogP) is 3.97. The molecule has 0 heterocycles. The second-order valence-electron chi connectivity index (χ2n) is 5.01. The molecule has 0 aromatic rings. The third kappa shape index (κ3) is 8.62. The van der Waals surface area contributed by atoms with Gasteiger partial charge in [0.2, 0.25) is 0 Å². The Morgan fingerprint density at radius 2 is 1.16 bits per heavy atom. The Morgan fingerprint density at radius 3 is 1.42 bits per heavy atom. The Labute approximate surface area is 116 Å². The lowest BCUT2D eigenvalue weighted by atomic mass is 10.0. The lowest BCUT2D eigenvalue weighted by Gasteiger charge is -2.32. The lowest BCUT2D eigenvalue weighted by Crippen LogP contribution is -2.39. The number of esters is 2. The lowest BCUT2D eigenvalue weighted by molar-refractivity contribution is -0.232. The summed E-state index contributed by atoms with van der Waals surface area (Å²) in [5.74, 6) is -1.84. The Morgan fingerprint density at radius 1 is 0.789 bits per heavy atom. The highest BCUT2D eigenvalue weighted by molar-refractivity contribution is 5.68. The van der Waals surface area contributed by atoms with Crippen molar-refractivity contribution in [3.8, 4) is 0 Å². The van der Waals surface area contributed by atoms with Crippen LogP contribution in [-0.2, 0) is 19.1 Å². The highest BCUT2D eigenvalue weighted by Crippen LogP contribution is 2.28. The van der Waals surface area contributed by atoms with E-state index in [0.717, 1.165) is 38.5 Å². The average Bonchev–Trinajstić information content (AvgIpc) is 2.27. The van der Waals surface area contributed by atoms with Gasteiger partial charge in [-0.15, -0.1) is 0 Å². The number of ether oxygens (including phenoxy) is 2. The van der Waals surface area contributed by atoms with Crippen LogP contribution in [0.3, 0.4) is 0 Å². The van der Waals surface area contributed by atoms with E-state index in [4.69, 9.17) is 9.47 Å². The second-order valence-corrected chi connectivity index (χ2v) is 5.01. The highest BCUT2D eigenvalue weighted by Gasteiger charge is 2.35. The summed E-state index contributed by atoms with van der Waals surface area (Å²) in [5.41, 5.74) is 0. The first kappa shape index (κ1) is 17.9. The van der Waals surface area contributed by atoms with Gasteiger partial charge in [-0.3, -0.25) is 9.59 Å². The molecule has 0 saturated heterocycles. The molecule has 4 heteroatoms. The number of unbranched alkanes of at least 4 members (excludes halogenated alkanes) is 4. The normalized spacial score (nSPS) is 11.2. The first-order valence-corrected chi connectivity index (χ1v) is 7.35. The van der Waals surface area contributed by atoms with E-state index in [1.54, 1.807) is 0 Å². The van der Waals surface area contributed by atoms with Crippen LogP contribution in [0.25, 0.3) is 0 Å². The summed E-state index contributed by atoms with van der Waals surface area (Å²) >= 11 is 0. The zero-order chi connectivity index (χ0) is 14.7. The van der Waals surface area contributed by atoms with Gasteiger partial charge in [0.15, 0.2) is 0 Å². The van der Waals surface area contributed by atoms with Crippen molar-refractivity contribution >= 4 is 11.9 Å². The molecule has 0 atom stereocenters.